The van der Waals surface area contributed by atoms with Crippen LogP contribution < -0.4 is 10.2 Å². The minimum absolute atomic E-state index is 0.156. The molecule has 0 unspecified atom stereocenters. The van der Waals surface area contributed by atoms with Gasteiger partial charge in [-0.15, -0.1) is 21.5 Å². The van der Waals surface area contributed by atoms with Crippen LogP contribution in [0.5, 0.6) is 0 Å². The molecule has 4 aromatic rings. The fraction of sp³-hybridized carbons (Fsp3) is 0.259. The number of nitrogens with one attached hydrogen (secondary N) is 1. The lowest BCUT2D eigenvalue weighted by Crippen LogP contribution is -2.25. The molecule has 0 saturated carbocycles. The molecule has 34 heavy (non-hydrogen) atoms. The first-order valence-corrected chi connectivity index (χ1v) is 12.5. The van der Waals surface area contributed by atoms with Gasteiger partial charge >= 0.3 is 0 Å². The van der Waals surface area contributed by atoms with E-state index in [-0.39, 0.29) is 5.91 Å². The van der Waals surface area contributed by atoms with Gasteiger partial charge < -0.3 is 10.2 Å². The van der Waals surface area contributed by atoms with Crippen molar-refractivity contribution >= 4 is 28.7 Å². The molecule has 0 spiro atoms. The number of amides is 1. The maximum absolute atomic E-state index is 13.0. The van der Waals surface area contributed by atoms with Crippen LogP contribution in [0.15, 0.2) is 66.7 Å². The minimum atomic E-state index is -0.156. The van der Waals surface area contributed by atoms with Gasteiger partial charge in [0.2, 0.25) is 0 Å². The van der Waals surface area contributed by atoms with Crippen LogP contribution in [0.3, 0.4) is 0 Å². The standard InChI is InChI=1S/C27H27N5OS/c1-19-25(34-27(28-19)20-10-5-4-6-11-20)26(33)29-22-13-9-12-21(18-22)23-14-15-24(31-30-23)32-16-7-2-3-8-17-32/h4-6,9-15,18H,2-3,7-8,16-17H2,1H3,(H,29,33). The Morgan fingerprint density at radius 1 is 0.882 bits per heavy atom. The first-order valence-electron chi connectivity index (χ1n) is 11.7. The first kappa shape index (κ1) is 22.2. The van der Waals surface area contributed by atoms with Gasteiger partial charge in [0, 0.05) is 29.9 Å². The van der Waals surface area contributed by atoms with Crippen molar-refractivity contribution in [1.29, 1.82) is 0 Å². The zero-order valence-electron chi connectivity index (χ0n) is 19.2. The smallest absolute Gasteiger partial charge is 0.267 e. The lowest BCUT2D eigenvalue weighted by Gasteiger charge is -2.20. The maximum Gasteiger partial charge on any atom is 0.267 e. The number of carbonyl (C=O) groups is 1. The number of nitrogens with zero attached hydrogens (tertiary/aromatic N) is 4. The second-order valence-corrected chi connectivity index (χ2v) is 9.51. The number of aromatic nitrogens is 3. The van der Waals surface area contributed by atoms with Crippen molar-refractivity contribution < 1.29 is 4.79 Å². The van der Waals surface area contributed by atoms with Gasteiger partial charge in [0.25, 0.3) is 5.91 Å². The molecule has 0 radical (unpaired) electrons. The van der Waals surface area contributed by atoms with E-state index in [0.717, 1.165) is 52.1 Å². The number of aryl methyl sites for hydroxylation is 1. The summed E-state index contributed by atoms with van der Waals surface area (Å²) in [4.78, 5) is 20.5. The summed E-state index contributed by atoms with van der Waals surface area (Å²) in [7, 11) is 0. The van der Waals surface area contributed by atoms with Gasteiger partial charge in [-0.05, 0) is 44.0 Å². The Morgan fingerprint density at radius 3 is 2.38 bits per heavy atom. The van der Waals surface area contributed by atoms with Gasteiger partial charge in [0.15, 0.2) is 5.82 Å². The fourth-order valence-corrected chi connectivity index (χ4v) is 5.17. The van der Waals surface area contributed by atoms with Crippen molar-refractivity contribution in [3.05, 3.63) is 77.3 Å². The Balaban J connectivity index is 1.31. The van der Waals surface area contributed by atoms with Crippen molar-refractivity contribution in [3.63, 3.8) is 0 Å². The van der Waals surface area contributed by atoms with Crippen LogP contribution in [0.25, 0.3) is 21.8 Å². The summed E-state index contributed by atoms with van der Waals surface area (Å²) in [5.74, 6) is 0.780. The molecule has 1 aliphatic heterocycles. The van der Waals surface area contributed by atoms with Crippen LogP contribution in [0.1, 0.15) is 41.0 Å². The maximum atomic E-state index is 13.0. The highest BCUT2D eigenvalue weighted by molar-refractivity contribution is 7.17. The summed E-state index contributed by atoms with van der Waals surface area (Å²) < 4.78 is 0. The van der Waals surface area contributed by atoms with E-state index in [4.69, 9.17) is 0 Å². The zero-order chi connectivity index (χ0) is 23.3. The third-order valence-corrected chi connectivity index (χ3v) is 7.23. The van der Waals surface area contributed by atoms with Gasteiger partial charge in [0.05, 0.1) is 11.4 Å². The normalized spacial score (nSPS) is 14.0. The average Bonchev–Trinajstić information content (AvgIpc) is 3.08. The number of hydrogen-bond donors (Lipinski definition) is 1. The minimum Gasteiger partial charge on any atom is -0.355 e. The monoisotopic (exact) mass is 469 g/mol. The van der Waals surface area contributed by atoms with Crippen molar-refractivity contribution in [2.24, 2.45) is 0 Å². The van der Waals surface area contributed by atoms with Crippen LogP contribution >= 0.6 is 11.3 Å². The molecule has 0 atom stereocenters. The molecule has 3 heterocycles. The third-order valence-electron chi connectivity index (χ3n) is 6.02. The number of rotatable bonds is 5. The van der Waals surface area contributed by atoms with E-state index >= 15 is 0 Å². The van der Waals surface area contributed by atoms with E-state index in [1.54, 1.807) is 0 Å². The zero-order valence-corrected chi connectivity index (χ0v) is 20.0. The van der Waals surface area contributed by atoms with Crippen molar-refractivity contribution in [2.75, 3.05) is 23.3 Å². The predicted molar refractivity (Wildman–Crippen MR) is 138 cm³/mol. The summed E-state index contributed by atoms with van der Waals surface area (Å²) in [6.45, 7) is 3.95. The van der Waals surface area contributed by atoms with E-state index in [1.165, 1.54) is 37.0 Å². The molecule has 1 fully saturated rings. The van der Waals surface area contributed by atoms with E-state index in [2.05, 4.69) is 25.4 Å². The first-order chi connectivity index (χ1) is 16.7. The highest BCUT2D eigenvalue weighted by Gasteiger charge is 2.17. The molecule has 0 aliphatic carbocycles. The summed E-state index contributed by atoms with van der Waals surface area (Å²) in [5, 5.41) is 12.8. The van der Waals surface area contributed by atoms with Gasteiger partial charge in [-0.1, -0.05) is 55.3 Å². The van der Waals surface area contributed by atoms with E-state index < -0.39 is 0 Å². The molecule has 2 aromatic carbocycles. The Labute approximate surface area is 203 Å². The highest BCUT2D eigenvalue weighted by atomic mass is 32.1. The number of carbonyl (C=O) groups excluding carboxylic acids is 1. The van der Waals surface area contributed by atoms with Crippen LogP contribution in [0.4, 0.5) is 11.5 Å². The topological polar surface area (TPSA) is 71.0 Å². The number of thiazole rings is 1. The Kier molecular flexibility index (Phi) is 6.62. The van der Waals surface area contributed by atoms with Crippen molar-refractivity contribution in [1.82, 2.24) is 15.2 Å². The SMILES string of the molecule is Cc1nc(-c2ccccc2)sc1C(=O)Nc1cccc(-c2ccc(N3CCCCCC3)nn2)c1. The van der Waals surface area contributed by atoms with Gasteiger partial charge in [-0.25, -0.2) is 4.98 Å². The fourth-order valence-electron chi connectivity index (χ4n) is 4.20. The van der Waals surface area contributed by atoms with E-state index in [0.29, 0.717) is 4.88 Å². The van der Waals surface area contributed by atoms with Gasteiger partial charge in [-0.2, -0.15) is 0 Å². The molecule has 6 nitrogen and oxygen atoms in total. The van der Waals surface area contributed by atoms with Crippen LogP contribution in [-0.4, -0.2) is 34.2 Å². The second kappa shape index (κ2) is 10.1. The molecular formula is C27H27N5OS. The van der Waals surface area contributed by atoms with E-state index in [9.17, 15) is 4.79 Å². The summed E-state index contributed by atoms with van der Waals surface area (Å²) >= 11 is 1.41. The second-order valence-electron chi connectivity index (χ2n) is 8.51. The van der Waals surface area contributed by atoms with Crippen LogP contribution in [-0.2, 0) is 0 Å². The number of benzene rings is 2. The summed E-state index contributed by atoms with van der Waals surface area (Å²) in [5.41, 5.74) is 4.16. The Hall–Kier alpha value is -3.58. The molecule has 5 rings (SSSR count). The Morgan fingerprint density at radius 2 is 1.65 bits per heavy atom. The van der Waals surface area contributed by atoms with Crippen LogP contribution in [0, 0.1) is 6.92 Å². The van der Waals surface area contributed by atoms with Gasteiger partial charge in [0.1, 0.15) is 9.88 Å². The van der Waals surface area contributed by atoms with E-state index in [1.807, 2.05) is 73.7 Å². The molecule has 2 aromatic heterocycles. The molecule has 0 bridgehead atoms. The molecule has 7 heteroatoms. The lowest BCUT2D eigenvalue weighted by molar-refractivity contribution is 0.103. The molecule has 1 saturated heterocycles. The van der Waals surface area contributed by atoms with Crippen molar-refractivity contribution in [2.45, 2.75) is 32.6 Å². The summed E-state index contributed by atoms with van der Waals surface area (Å²) in [6.07, 6.45) is 4.98. The number of hydrogen-bond acceptors (Lipinski definition) is 6. The van der Waals surface area contributed by atoms with Crippen LogP contribution in [0.2, 0.25) is 0 Å². The summed E-state index contributed by atoms with van der Waals surface area (Å²) in [6, 6.07) is 21.7. The average molecular weight is 470 g/mol. The number of anilines is 2. The molecule has 1 aliphatic rings. The predicted octanol–water partition coefficient (Wildman–Crippen LogP) is 6.21. The van der Waals surface area contributed by atoms with Crippen molar-refractivity contribution in [3.8, 4) is 21.8 Å². The lowest BCUT2D eigenvalue weighted by atomic mass is 10.1. The quantitative estimate of drug-likeness (QED) is 0.376. The largest absolute Gasteiger partial charge is 0.355 e. The highest BCUT2D eigenvalue weighted by Crippen LogP contribution is 2.29. The third kappa shape index (κ3) is 4.99. The molecular weight excluding hydrogens is 442 g/mol. The molecule has 172 valence electrons. The van der Waals surface area contributed by atoms with Gasteiger partial charge in [-0.3, -0.25) is 4.79 Å². The Bertz CT molecular complexity index is 1260. The molecule has 1 amide bonds. The molecule has 1 N–H and O–H groups in total.